The molecule has 0 spiro atoms. The van der Waals surface area contributed by atoms with Gasteiger partial charge in [0.25, 0.3) is 5.91 Å². The van der Waals surface area contributed by atoms with E-state index in [0.29, 0.717) is 22.7 Å². The fourth-order valence-electron chi connectivity index (χ4n) is 4.97. The molecular weight excluding hydrogens is 482 g/mol. The van der Waals surface area contributed by atoms with Crippen molar-refractivity contribution in [2.24, 2.45) is 5.92 Å². The Bertz CT molecular complexity index is 1300. The highest BCUT2D eigenvalue weighted by atomic mass is 35.5. The lowest BCUT2D eigenvalue weighted by atomic mass is 9.74. The van der Waals surface area contributed by atoms with Crippen LogP contribution in [0.15, 0.2) is 48.5 Å². The standard InChI is InChI=1S/C27H30ClN3O5/c1-15(2)9-23(26(34)35)31-24(32)14-27(36)13-19(11-16-5-3-4-6-20(16)27)29-25(33)22-12-17-10-18(28)7-8-21(17)30-22/h3-8,10,12,15,19,23,30,36H,9,11,13-14H2,1-2H3,(H,29,33)(H,31,32)(H,34,35)/t19-,23+,27+/m1/s1. The van der Waals surface area contributed by atoms with Crippen LogP contribution in [0, 0.1) is 5.92 Å². The van der Waals surface area contributed by atoms with Crippen LogP contribution in [0.3, 0.4) is 0 Å². The molecule has 4 rings (SSSR count). The SMILES string of the molecule is CC(C)C[C@H](NC(=O)C[C@@]1(O)C[C@H](NC(=O)c2cc3cc(Cl)ccc3[nH]2)Cc2ccccc21)C(=O)O. The van der Waals surface area contributed by atoms with E-state index in [0.717, 1.165) is 16.5 Å². The van der Waals surface area contributed by atoms with E-state index in [1.165, 1.54) is 0 Å². The highest BCUT2D eigenvalue weighted by molar-refractivity contribution is 6.31. The summed E-state index contributed by atoms with van der Waals surface area (Å²) in [7, 11) is 0. The fourth-order valence-corrected chi connectivity index (χ4v) is 5.15. The molecule has 0 saturated carbocycles. The van der Waals surface area contributed by atoms with Crippen molar-refractivity contribution in [2.45, 2.75) is 57.2 Å². The zero-order chi connectivity index (χ0) is 26.0. The number of benzene rings is 2. The summed E-state index contributed by atoms with van der Waals surface area (Å²) in [4.78, 5) is 40.6. The Kier molecular flexibility index (Phi) is 7.38. The molecule has 1 aromatic heterocycles. The Morgan fingerprint density at radius 1 is 1.17 bits per heavy atom. The molecule has 8 nitrogen and oxygen atoms in total. The van der Waals surface area contributed by atoms with Gasteiger partial charge < -0.3 is 25.8 Å². The molecule has 2 amide bonds. The van der Waals surface area contributed by atoms with Gasteiger partial charge in [0.05, 0.1) is 6.42 Å². The number of carboxylic acid groups (broad SMARTS) is 1. The van der Waals surface area contributed by atoms with Crippen molar-refractivity contribution in [3.63, 3.8) is 0 Å². The average Bonchev–Trinajstić information content (AvgIpc) is 3.21. The summed E-state index contributed by atoms with van der Waals surface area (Å²) in [5.41, 5.74) is 1.02. The van der Waals surface area contributed by atoms with E-state index < -0.39 is 29.6 Å². The molecule has 0 unspecified atom stereocenters. The van der Waals surface area contributed by atoms with Crippen molar-refractivity contribution in [3.8, 4) is 0 Å². The predicted molar refractivity (Wildman–Crippen MR) is 137 cm³/mol. The summed E-state index contributed by atoms with van der Waals surface area (Å²) in [6.45, 7) is 3.75. The van der Waals surface area contributed by atoms with Gasteiger partial charge in [-0.15, -0.1) is 0 Å². The zero-order valence-electron chi connectivity index (χ0n) is 20.2. The molecule has 0 fully saturated rings. The highest BCUT2D eigenvalue weighted by Crippen LogP contribution is 2.38. The van der Waals surface area contributed by atoms with Gasteiger partial charge in [-0.05, 0) is 54.2 Å². The number of amides is 2. The van der Waals surface area contributed by atoms with Gasteiger partial charge in [0, 0.05) is 28.4 Å². The molecular formula is C27H30ClN3O5. The van der Waals surface area contributed by atoms with E-state index in [1.807, 2.05) is 26.0 Å². The molecule has 3 aromatic rings. The molecule has 0 saturated heterocycles. The monoisotopic (exact) mass is 511 g/mol. The van der Waals surface area contributed by atoms with Crippen LogP contribution in [-0.4, -0.2) is 45.1 Å². The largest absolute Gasteiger partial charge is 0.480 e. The minimum absolute atomic E-state index is 0.0742. The topological polar surface area (TPSA) is 132 Å². The highest BCUT2D eigenvalue weighted by Gasteiger charge is 2.41. The summed E-state index contributed by atoms with van der Waals surface area (Å²) in [6, 6.07) is 12.8. The van der Waals surface area contributed by atoms with Gasteiger partial charge in [0.1, 0.15) is 17.3 Å². The van der Waals surface area contributed by atoms with Gasteiger partial charge in [-0.1, -0.05) is 49.7 Å². The molecule has 36 heavy (non-hydrogen) atoms. The number of halogens is 1. The van der Waals surface area contributed by atoms with E-state index in [2.05, 4.69) is 15.6 Å². The third-order valence-corrected chi connectivity index (χ3v) is 6.76. The van der Waals surface area contributed by atoms with Crippen LogP contribution in [-0.2, 0) is 21.6 Å². The van der Waals surface area contributed by atoms with E-state index >= 15 is 0 Å². The van der Waals surface area contributed by atoms with Crippen LogP contribution < -0.4 is 10.6 Å². The van der Waals surface area contributed by atoms with Crippen LogP contribution >= 0.6 is 11.6 Å². The van der Waals surface area contributed by atoms with Crippen molar-refractivity contribution < 1.29 is 24.6 Å². The third-order valence-electron chi connectivity index (χ3n) is 6.53. The molecule has 9 heteroatoms. The predicted octanol–water partition coefficient (Wildman–Crippen LogP) is 3.76. The van der Waals surface area contributed by atoms with Gasteiger partial charge in [-0.25, -0.2) is 4.79 Å². The number of aliphatic carboxylic acids is 1. The number of hydrogen-bond acceptors (Lipinski definition) is 4. The maximum Gasteiger partial charge on any atom is 0.326 e. The van der Waals surface area contributed by atoms with Crippen LogP contribution in [0.25, 0.3) is 10.9 Å². The molecule has 3 atom stereocenters. The van der Waals surface area contributed by atoms with Gasteiger partial charge in [0.15, 0.2) is 0 Å². The second kappa shape index (κ2) is 10.3. The zero-order valence-corrected chi connectivity index (χ0v) is 20.9. The first-order chi connectivity index (χ1) is 17.0. The van der Waals surface area contributed by atoms with Crippen LogP contribution in [0.5, 0.6) is 0 Å². The Labute approximate surface area is 214 Å². The van der Waals surface area contributed by atoms with E-state index in [9.17, 15) is 24.6 Å². The second-order valence-electron chi connectivity index (χ2n) is 9.95. The number of fused-ring (bicyclic) bond motifs is 2. The first-order valence-electron chi connectivity index (χ1n) is 12.0. The minimum Gasteiger partial charge on any atom is -0.480 e. The first kappa shape index (κ1) is 25.7. The van der Waals surface area contributed by atoms with Crippen molar-refractivity contribution in [1.29, 1.82) is 0 Å². The number of carbonyl (C=O) groups excluding carboxylic acids is 2. The third kappa shape index (κ3) is 5.71. The molecule has 1 heterocycles. The van der Waals surface area contributed by atoms with Crippen LogP contribution in [0.4, 0.5) is 0 Å². The number of aliphatic hydroxyl groups is 1. The number of H-pyrrole nitrogens is 1. The van der Waals surface area contributed by atoms with E-state index in [1.54, 1.807) is 36.4 Å². The lowest BCUT2D eigenvalue weighted by molar-refractivity contribution is -0.143. The smallest absolute Gasteiger partial charge is 0.326 e. The Morgan fingerprint density at radius 3 is 2.64 bits per heavy atom. The Morgan fingerprint density at radius 2 is 1.92 bits per heavy atom. The second-order valence-corrected chi connectivity index (χ2v) is 10.4. The number of rotatable bonds is 8. The summed E-state index contributed by atoms with van der Waals surface area (Å²) >= 11 is 6.05. The molecule has 0 aliphatic heterocycles. The molecule has 0 bridgehead atoms. The number of carboxylic acids is 1. The lowest BCUT2D eigenvalue weighted by Gasteiger charge is -2.38. The maximum absolute atomic E-state index is 13.0. The number of nitrogens with one attached hydrogen (secondary N) is 3. The molecule has 2 aromatic carbocycles. The van der Waals surface area contributed by atoms with Crippen molar-refractivity contribution in [3.05, 3.63) is 70.4 Å². The number of aromatic nitrogens is 1. The lowest BCUT2D eigenvalue weighted by Crippen LogP contribution is -2.49. The molecule has 190 valence electrons. The maximum atomic E-state index is 13.0. The van der Waals surface area contributed by atoms with Crippen LogP contribution in [0.2, 0.25) is 5.02 Å². The summed E-state index contributed by atoms with van der Waals surface area (Å²) in [5, 5.41) is 28.0. The number of carbonyl (C=O) groups is 3. The molecule has 1 aliphatic carbocycles. The van der Waals surface area contributed by atoms with Gasteiger partial charge in [-0.2, -0.15) is 0 Å². The molecule has 0 radical (unpaired) electrons. The Hall–Kier alpha value is -3.36. The van der Waals surface area contributed by atoms with Crippen molar-refractivity contribution in [1.82, 2.24) is 15.6 Å². The van der Waals surface area contributed by atoms with Gasteiger partial charge in [-0.3, -0.25) is 9.59 Å². The summed E-state index contributed by atoms with van der Waals surface area (Å²) in [6.07, 6.45) is 0.563. The quantitative estimate of drug-likeness (QED) is 0.314. The number of aromatic amines is 1. The summed E-state index contributed by atoms with van der Waals surface area (Å²) in [5.74, 6) is -1.93. The van der Waals surface area contributed by atoms with Gasteiger partial charge in [0.2, 0.25) is 5.91 Å². The Balaban J connectivity index is 1.52. The van der Waals surface area contributed by atoms with Crippen molar-refractivity contribution in [2.75, 3.05) is 0 Å². The van der Waals surface area contributed by atoms with E-state index in [-0.39, 0.29) is 31.1 Å². The fraction of sp³-hybridized carbons (Fsp3) is 0.370. The number of hydrogen-bond donors (Lipinski definition) is 5. The first-order valence-corrected chi connectivity index (χ1v) is 12.3. The van der Waals surface area contributed by atoms with Crippen LogP contribution in [0.1, 0.15) is 54.7 Å². The molecule has 1 aliphatic rings. The summed E-state index contributed by atoms with van der Waals surface area (Å²) < 4.78 is 0. The van der Waals surface area contributed by atoms with Crippen molar-refractivity contribution >= 4 is 40.3 Å². The molecule has 5 N–H and O–H groups in total. The average molecular weight is 512 g/mol. The van der Waals surface area contributed by atoms with Gasteiger partial charge >= 0.3 is 5.97 Å². The van der Waals surface area contributed by atoms with E-state index in [4.69, 9.17) is 11.6 Å². The minimum atomic E-state index is -1.56. The normalized spacial score (nSPS) is 20.1.